The van der Waals surface area contributed by atoms with Crippen molar-refractivity contribution in [3.63, 3.8) is 0 Å². The second-order valence-electron chi connectivity index (χ2n) is 5.38. The molecule has 3 N–H and O–H groups in total. The zero-order chi connectivity index (χ0) is 12.6. The molecule has 1 fully saturated rings. The molecule has 2 nitrogen and oxygen atoms in total. The Morgan fingerprint density at radius 3 is 2.47 bits per heavy atom. The monoisotopic (exact) mass is 297 g/mol. The molecule has 1 aliphatic carbocycles. The highest BCUT2D eigenvalue weighted by atomic mass is 79.9. The van der Waals surface area contributed by atoms with E-state index < -0.39 is 0 Å². The number of hydrogen-bond donors (Lipinski definition) is 2. The second-order valence-corrected chi connectivity index (χ2v) is 6.24. The summed E-state index contributed by atoms with van der Waals surface area (Å²) in [7, 11) is 0. The number of phenolic OH excluding ortho intramolecular Hbond substituents is 1. The van der Waals surface area contributed by atoms with Crippen molar-refractivity contribution in [2.24, 2.45) is 5.73 Å². The van der Waals surface area contributed by atoms with Crippen LogP contribution in [0.5, 0.6) is 5.75 Å². The van der Waals surface area contributed by atoms with Crippen molar-refractivity contribution in [3.8, 4) is 5.75 Å². The first-order valence-electron chi connectivity index (χ1n) is 6.23. The van der Waals surface area contributed by atoms with E-state index in [1.165, 1.54) is 6.42 Å². The highest BCUT2D eigenvalue weighted by Crippen LogP contribution is 2.47. The first kappa shape index (κ1) is 12.9. The maximum absolute atomic E-state index is 10.2. The molecule has 0 aromatic heterocycles. The Bertz CT molecular complexity index is 419. The van der Waals surface area contributed by atoms with Crippen molar-refractivity contribution in [2.75, 3.05) is 6.54 Å². The van der Waals surface area contributed by atoms with Gasteiger partial charge in [0.1, 0.15) is 5.75 Å². The minimum atomic E-state index is 0.0160. The summed E-state index contributed by atoms with van der Waals surface area (Å²) in [6.07, 6.45) is 3.38. The van der Waals surface area contributed by atoms with E-state index in [0.29, 0.717) is 18.2 Å². The lowest BCUT2D eigenvalue weighted by atomic mass is 9.64. The molecule has 2 rings (SSSR count). The topological polar surface area (TPSA) is 46.2 Å². The van der Waals surface area contributed by atoms with Crippen molar-refractivity contribution in [2.45, 2.75) is 44.4 Å². The number of hydrogen-bond acceptors (Lipinski definition) is 2. The van der Waals surface area contributed by atoms with Crippen LogP contribution < -0.4 is 5.73 Å². The molecule has 0 heterocycles. The molecule has 94 valence electrons. The van der Waals surface area contributed by atoms with E-state index in [9.17, 15) is 5.11 Å². The molecule has 1 aliphatic rings. The molecule has 0 unspecified atom stereocenters. The Hall–Kier alpha value is -0.540. The van der Waals surface area contributed by atoms with Crippen LogP contribution in [0.15, 0.2) is 16.6 Å². The molecule has 0 bridgehead atoms. The summed E-state index contributed by atoms with van der Waals surface area (Å²) in [6.45, 7) is 4.87. The highest BCUT2D eigenvalue weighted by molar-refractivity contribution is 9.10. The van der Waals surface area contributed by atoms with E-state index in [1.807, 2.05) is 6.07 Å². The van der Waals surface area contributed by atoms with Crippen molar-refractivity contribution in [3.05, 3.63) is 27.7 Å². The second kappa shape index (κ2) is 4.62. The van der Waals surface area contributed by atoms with Gasteiger partial charge in [-0.05, 0) is 36.5 Å². The fourth-order valence-electron chi connectivity index (χ4n) is 2.63. The summed E-state index contributed by atoms with van der Waals surface area (Å²) in [5, 5.41) is 10.2. The zero-order valence-electron chi connectivity index (χ0n) is 10.5. The van der Waals surface area contributed by atoms with Crippen LogP contribution in [0.25, 0.3) is 0 Å². The van der Waals surface area contributed by atoms with Gasteiger partial charge in [0.25, 0.3) is 0 Å². The van der Waals surface area contributed by atoms with E-state index in [0.717, 1.165) is 28.4 Å². The van der Waals surface area contributed by atoms with Gasteiger partial charge in [-0.2, -0.15) is 0 Å². The molecule has 3 heteroatoms. The van der Waals surface area contributed by atoms with Crippen molar-refractivity contribution in [1.29, 1.82) is 0 Å². The molecule has 0 atom stereocenters. The average molecular weight is 298 g/mol. The van der Waals surface area contributed by atoms with E-state index in [1.54, 1.807) is 0 Å². The lowest BCUT2D eigenvalue weighted by Crippen LogP contribution is -2.41. The van der Waals surface area contributed by atoms with Gasteiger partial charge in [0.05, 0.1) is 0 Å². The Morgan fingerprint density at radius 1 is 1.41 bits per heavy atom. The molecular formula is C14H20BrNO. The number of rotatable bonds is 3. The molecule has 0 radical (unpaired) electrons. The Kier molecular flexibility index (Phi) is 3.50. The van der Waals surface area contributed by atoms with Gasteiger partial charge in [0, 0.05) is 22.0 Å². The van der Waals surface area contributed by atoms with Crippen LogP contribution in [-0.2, 0) is 5.41 Å². The van der Waals surface area contributed by atoms with Gasteiger partial charge < -0.3 is 10.8 Å². The van der Waals surface area contributed by atoms with Gasteiger partial charge in [-0.3, -0.25) is 0 Å². The van der Waals surface area contributed by atoms with Gasteiger partial charge in [0.2, 0.25) is 0 Å². The van der Waals surface area contributed by atoms with Crippen molar-refractivity contribution in [1.82, 2.24) is 0 Å². The summed E-state index contributed by atoms with van der Waals surface area (Å²) < 4.78 is 1.08. The zero-order valence-corrected chi connectivity index (χ0v) is 12.0. The Labute approximate surface area is 111 Å². The predicted octanol–water partition coefficient (Wildman–Crippen LogP) is 3.66. The molecular weight excluding hydrogens is 278 g/mol. The standard InChI is InChI=1S/C14H20BrNO/c1-9(2)10-6-13(17)11(7-12(10)15)14(8-16)4-3-5-14/h6-7,9,17H,3-5,8,16H2,1-2H3. The van der Waals surface area contributed by atoms with E-state index in [4.69, 9.17) is 5.73 Å². The van der Waals surface area contributed by atoms with Gasteiger partial charge >= 0.3 is 0 Å². The van der Waals surface area contributed by atoms with Crippen LogP contribution in [-0.4, -0.2) is 11.7 Å². The third kappa shape index (κ3) is 2.11. The molecule has 1 saturated carbocycles. The van der Waals surface area contributed by atoms with Gasteiger partial charge in [-0.15, -0.1) is 0 Å². The van der Waals surface area contributed by atoms with E-state index in [-0.39, 0.29) is 5.41 Å². The van der Waals surface area contributed by atoms with Crippen LogP contribution in [0.1, 0.15) is 50.2 Å². The molecule has 0 aliphatic heterocycles. The highest BCUT2D eigenvalue weighted by Gasteiger charge is 2.39. The average Bonchev–Trinajstić information content (AvgIpc) is 2.21. The van der Waals surface area contributed by atoms with Crippen LogP contribution in [0.4, 0.5) is 0 Å². The quantitative estimate of drug-likeness (QED) is 0.894. The maximum atomic E-state index is 10.2. The molecule has 0 saturated heterocycles. The normalized spacial score (nSPS) is 18.2. The van der Waals surface area contributed by atoms with E-state index in [2.05, 4.69) is 35.8 Å². The molecule has 0 amide bonds. The van der Waals surface area contributed by atoms with Gasteiger partial charge in [0.15, 0.2) is 0 Å². The first-order valence-corrected chi connectivity index (χ1v) is 7.02. The lowest BCUT2D eigenvalue weighted by Gasteiger charge is -2.42. The molecule has 1 aromatic rings. The lowest BCUT2D eigenvalue weighted by molar-refractivity contribution is 0.245. The van der Waals surface area contributed by atoms with Crippen LogP contribution in [0.2, 0.25) is 0 Å². The number of benzene rings is 1. The summed E-state index contributed by atoms with van der Waals surface area (Å²) in [5.41, 5.74) is 8.07. The fraction of sp³-hybridized carbons (Fsp3) is 0.571. The third-order valence-electron chi connectivity index (χ3n) is 4.01. The number of halogens is 1. The summed E-state index contributed by atoms with van der Waals surface area (Å²) in [6, 6.07) is 3.95. The number of aromatic hydroxyl groups is 1. The predicted molar refractivity (Wildman–Crippen MR) is 74.5 cm³/mol. The van der Waals surface area contributed by atoms with E-state index >= 15 is 0 Å². The smallest absolute Gasteiger partial charge is 0.119 e. The fourth-order valence-corrected chi connectivity index (χ4v) is 3.43. The minimum absolute atomic E-state index is 0.0160. The third-order valence-corrected chi connectivity index (χ3v) is 4.70. The molecule has 0 spiro atoms. The number of phenols is 1. The van der Waals surface area contributed by atoms with Gasteiger partial charge in [-0.25, -0.2) is 0 Å². The van der Waals surface area contributed by atoms with Crippen LogP contribution in [0, 0.1) is 0 Å². The number of nitrogens with two attached hydrogens (primary N) is 1. The summed E-state index contributed by atoms with van der Waals surface area (Å²) >= 11 is 3.60. The molecule has 17 heavy (non-hydrogen) atoms. The van der Waals surface area contributed by atoms with Crippen LogP contribution in [0.3, 0.4) is 0 Å². The molecule has 1 aromatic carbocycles. The summed E-state index contributed by atoms with van der Waals surface area (Å²) in [4.78, 5) is 0. The Morgan fingerprint density at radius 2 is 2.06 bits per heavy atom. The van der Waals surface area contributed by atoms with Crippen LogP contribution >= 0.6 is 15.9 Å². The summed E-state index contributed by atoms with van der Waals surface area (Å²) in [5.74, 6) is 0.807. The minimum Gasteiger partial charge on any atom is -0.508 e. The van der Waals surface area contributed by atoms with Gasteiger partial charge in [-0.1, -0.05) is 36.2 Å². The largest absolute Gasteiger partial charge is 0.508 e. The van der Waals surface area contributed by atoms with Crippen molar-refractivity contribution < 1.29 is 5.11 Å². The maximum Gasteiger partial charge on any atom is 0.119 e. The first-order chi connectivity index (χ1) is 8.00. The Balaban J connectivity index is 2.46. The van der Waals surface area contributed by atoms with Crippen molar-refractivity contribution >= 4 is 15.9 Å². The SMILES string of the molecule is CC(C)c1cc(O)c(C2(CN)CCC2)cc1Br.